The van der Waals surface area contributed by atoms with Gasteiger partial charge in [0, 0.05) is 18.8 Å². The minimum atomic E-state index is -0.114. The maximum absolute atomic E-state index is 12.6. The number of aromatic nitrogens is 3. The molecule has 140 valence electrons. The van der Waals surface area contributed by atoms with Crippen molar-refractivity contribution in [2.24, 2.45) is 5.92 Å². The first-order valence-electron chi connectivity index (χ1n) is 9.38. The molecule has 1 saturated heterocycles. The number of nitrogens with one attached hydrogen (secondary N) is 1. The summed E-state index contributed by atoms with van der Waals surface area (Å²) in [6, 6.07) is 10.3. The molecule has 6 nitrogen and oxygen atoms in total. The van der Waals surface area contributed by atoms with E-state index in [1.807, 2.05) is 18.2 Å². The second-order valence-electron chi connectivity index (χ2n) is 7.11. The Labute approximate surface area is 158 Å². The number of carbonyl (C=O) groups is 1. The molecule has 0 bridgehead atoms. The van der Waals surface area contributed by atoms with Gasteiger partial charge in [0.1, 0.15) is 17.8 Å². The normalized spacial score (nSPS) is 17.2. The van der Waals surface area contributed by atoms with Gasteiger partial charge in [-0.15, -0.1) is 0 Å². The van der Waals surface area contributed by atoms with E-state index in [-0.39, 0.29) is 11.8 Å². The Kier molecular flexibility index (Phi) is 4.90. The summed E-state index contributed by atoms with van der Waals surface area (Å²) in [6.07, 6.45) is 3.30. The minimum absolute atomic E-state index is 0.0254. The lowest BCUT2D eigenvalue weighted by Crippen LogP contribution is -2.30. The van der Waals surface area contributed by atoms with E-state index in [2.05, 4.69) is 45.8 Å². The molecular weight excluding hydrogens is 340 g/mol. The van der Waals surface area contributed by atoms with Crippen LogP contribution in [0.2, 0.25) is 0 Å². The van der Waals surface area contributed by atoms with E-state index in [9.17, 15) is 4.79 Å². The van der Waals surface area contributed by atoms with Gasteiger partial charge in [0.15, 0.2) is 0 Å². The van der Waals surface area contributed by atoms with Crippen LogP contribution in [-0.2, 0) is 16.1 Å². The first kappa shape index (κ1) is 17.7. The van der Waals surface area contributed by atoms with Crippen molar-refractivity contribution in [2.75, 3.05) is 18.5 Å². The molecule has 27 heavy (non-hydrogen) atoms. The second kappa shape index (κ2) is 7.48. The van der Waals surface area contributed by atoms with Gasteiger partial charge < -0.3 is 14.6 Å². The Morgan fingerprint density at radius 3 is 2.81 bits per heavy atom. The summed E-state index contributed by atoms with van der Waals surface area (Å²) in [5.74, 6) is 0.446. The monoisotopic (exact) mass is 364 g/mol. The minimum Gasteiger partial charge on any atom is -0.381 e. The molecule has 1 N–H and O–H groups in total. The highest BCUT2D eigenvalue weighted by Gasteiger charge is 2.24. The van der Waals surface area contributed by atoms with Crippen LogP contribution in [0.1, 0.15) is 29.7 Å². The zero-order chi connectivity index (χ0) is 18.8. The van der Waals surface area contributed by atoms with Crippen LogP contribution in [0.15, 0.2) is 36.7 Å². The van der Waals surface area contributed by atoms with Gasteiger partial charge in [-0.1, -0.05) is 30.3 Å². The lowest BCUT2D eigenvalue weighted by atomic mass is 10.0. The summed E-state index contributed by atoms with van der Waals surface area (Å²) < 4.78 is 7.63. The third kappa shape index (κ3) is 3.45. The molecule has 1 unspecified atom stereocenters. The van der Waals surface area contributed by atoms with Crippen LogP contribution in [-0.4, -0.2) is 33.7 Å². The molecule has 4 rings (SSSR count). The number of carbonyl (C=O) groups excluding carboxylic acids is 1. The van der Waals surface area contributed by atoms with Crippen molar-refractivity contribution >= 4 is 22.8 Å². The van der Waals surface area contributed by atoms with Gasteiger partial charge in [-0.25, -0.2) is 9.97 Å². The number of hydrogen-bond donors (Lipinski definition) is 1. The first-order valence-corrected chi connectivity index (χ1v) is 9.38. The number of rotatable bonds is 4. The van der Waals surface area contributed by atoms with Crippen LogP contribution in [0, 0.1) is 19.8 Å². The molecule has 1 aliphatic heterocycles. The molecule has 0 saturated carbocycles. The Balaban J connectivity index is 1.68. The number of benzene rings is 1. The van der Waals surface area contributed by atoms with Crippen molar-refractivity contribution in [1.29, 1.82) is 0 Å². The molecule has 2 aromatic heterocycles. The van der Waals surface area contributed by atoms with Crippen molar-refractivity contribution in [1.82, 2.24) is 14.5 Å². The van der Waals surface area contributed by atoms with Gasteiger partial charge in [0.2, 0.25) is 5.91 Å². The van der Waals surface area contributed by atoms with E-state index >= 15 is 0 Å². The fourth-order valence-electron chi connectivity index (χ4n) is 3.69. The van der Waals surface area contributed by atoms with E-state index in [0.717, 1.165) is 48.3 Å². The molecular formula is C21H24N4O2. The van der Waals surface area contributed by atoms with Crippen molar-refractivity contribution in [3.05, 3.63) is 53.5 Å². The van der Waals surface area contributed by atoms with Gasteiger partial charge in [-0.2, -0.15) is 0 Å². The predicted molar refractivity (Wildman–Crippen MR) is 105 cm³/mol. The number of anilines is 1. The number of amides is 1. The Morgan fingerprint density at radius 2 is 2.07 bits per heavy atom. The fourth-order valence-corrected chi connectivity index (χ4v) is 3.69. The highest BCUT2D eigenvalue weighted by atomic mass is 16.5. The summed E-state index contributed by atoms with van der Waals surface area (Å²) in [4.78, 5) is 21.5. The number of nitrogens with zero attached hydrogens (tertiary/aromatic N) is 3. The third-order valence-corrected chi connectivity index (χ3v) is 5.36. The van der Waals surface area contributed by atoms with Crippen LogP contribution in [0.4, 0.5) is 5.82 Å². The van der Waals surface area contributed by atoms with Crippen molar-refractivity contribution < 1.29 is 9.53 Å². The Morgan fingerprint density at radius 1 is 1.26 bits per heavy atom. The van der Waals surface area contributed by atoms with Gasteiger partial charge in [-0.3, -0.25) is 4.79 Å². The average Bonchev–Trinajstić information content (AvgIpc) is 2.95. The average molecular weight is 364 g/mol. The molecule has 0 aliphatic carbocycles. The van der Waals surface area contributed by atoms with Crippen LogP contribution in [0.3, 0.4) is 0 Å². The molecule has 0 radical (unpaired) electrons. The van der Waals surface area contributed by atoms with E-state index < -0.39 is 0 Å². The van der Waals surface area contributed by atoms with Crippen molar-refractivity contribution in [3.8, 4) is 0 Å². The summed E-state index contributed by atoms with van der Waals surface area (Å²) >= 11 is 0. The van der Waals surface area contributed by atoms with Crippen LogP contribution in [0.5, 0.6) is 0 Å². The number of fused-ring (bicyclic) bond motifs is 1. The zero-order valence-electron chi connectivity index (χ0n) is 15.7. The number of aryl methyl sites for hydroxylation is 1. The lowest BCUT2D eigenvalue weighted by molar-refractivity contribution is -0.123. The zero-order valence-corrected chi connectivity index (χ0v) is 15.7. The van der Waals surface area contributed by atoms with Gasteiger partial charge in [0.05, 0.1) is 17.9 Å². The fraction of sp³-hybridized carbons (Fsp3) is 0.381. The highest BCUT2D eigenvalue weighted by Crippen LogP contribution is 2.30. The third-order valence-electron chi connectivity index (χ3n) is 5.36. The Bertz CT molecular complexity index is 959. The quantitative estimate of drug-likeness (QED) is 0.770. The van der Waals surface area contributed by atoms with Crippen molar-refractivity contribution in [3.63, 3.8) is 0 Å². The van der Waals surface area contributed by atoms with E-state index in [0.29, 0.717) is 12.4 Å². The smallest absolute Gasteiger partial charge is 0.230 e. The Hall–Kier alpha value is -2.73. The topological polar surface area (TPSA) is 69.0 Å². The number of hydrogen-bond acceptors (Lipinski definition) is 4. The summed E-state index contributed by atoms with van der Waals surface area (Å²) in [7, 11) is 0. The molecule has 1 aliphatic rings. The molecule has 6 heteroatoms. The molecule has 0 spiro atoms. The molecule has 1 atom stereocenters. The molecule has 1 fully saturated rings. The maximum Gasteiger partial charge on any atom is 0.230 e. The van der Waals surface area contributed by atoms with E-state index in [4.69, 9.17) is 4.74 Å². The second-order valence-corrected chi connectivity index (χ2v) is 7.11. The van der Waals surface area contributed by atoms with Gasteiger partial charge >= 0.3 is 0 Å². The first-order chi connectivity index (χ1) is 13.1. The van der Waals surface area contributed by atoms with Crippen LogP contribution >= 0.6 is 0 Å². The van der Waals surface area contributed by atoms with Gasteiger partial charge in [-0.05, 0) is 37.8 Å². The molecule has 1 amide bonds. The van der Waals surface area contributed by atoms with Crippen molar-refractivity contribution in [2.45, 2.75) is 33.2 Å². The number of ether oxygens (including phenoxy) is 1. The largest absolute Gasteiger partial charge is 0.381 e. The summed E-state index contributed by atoms with van der Waals surface area (Å²) in [5.41, 5.74) is 4.28. The molecule has 1 aromatic carbocycles. The molecule has 3 aromatic rings. The maximum atomic E-state index is 12.6. The lowest BCUT2D eigenvalue weighted by Gasteiger charge is -2.21. The summed E-state index contributed by atoms with van der Waals surface area (Å²) in [5, 5.41) is 3.93. The predicted octanol–water partition coefficient (Wildman–Crippen LogP) is 3.46. The SMILES string of the molecule is Cc1c(C)n(Cc2ccccc2)c2ncnc(NC(=O)C3CCCOC3)c12. The van der Waals surface area contributed by atoms with Gasteiger partial charge in [0.25, 0.3) is 0 Å². The van der Waals surface area contributed by atoms with E-state index in [1.54, 1.807) is 0 Å². The van der Waals surface area contributed by atoms with Crippen LogP contribution < -0.4 is 5.32 Å². The van der Waals surface area contributed by atoms with Crippen LogP contribution in [0.25, 0.3) is 11.0 Å². The standard InChI is InChI=1S/C21H24N4O2/c1-14-15(2)25(11-16-7-4-3-5-8-16)20-18(14)19(22-13-23-20)24-21(26)17-9-6-10-27-12-17/h3-5,7-8,13,17H,6,9-12H2,1-2H3,(H,22,23,24,26). The van der Waals surface area contributed by atoms with E-state index in [1.165, 1.54) is 11.9 Å². The molecule has 3 heterocycles. The summed E-state index contributed by atoms with van der Waals surface area (Å²) in [6.45, 7) is 6.09. The highest BCUT2D eigenvalue weighted by molar-refractivity contribution is 6.01.